The number of carbonyl (C=O) groups excluding carboxylic acids is 1. The van der Waals surface area contributed by atoms with Gasteiger partial charge in [-0.15, -0.1) is 0 Å². The Morgan fingerprint density at radius 1 is 1.15 bits per heavy atom. The first-order valence-corrected chi connectivity index (χ1v) is 8.46. The third-order valence-corrected chi connectivity index (χ3v) is 4.13. The summed E-state index contributed by atoms with van der Waals surface area (Å²) in [5.74, 6) is 0.931. The predicted octanol–water partition coefficient (Wildman–Crippen LogP) is 4.74. The van der Waals surface area contributed by atoms with E-state index in [0.717, 1.165) is 5.56 Å². The first kappa shape index (κ1) is 18.0. The zero-order chi connectivity index (χ0) is 18.5. The molecule has 3 rings (SSSR count). The van der Waals surface area contributed by atoms with Crippen LogP contribution < -0.4 is 15.4 Å². The molecule has 0 aliphatic heterocycles. The first-order valence-electron chi connectivity index (χ1n) is 7.67. The Hall–Kier alpha value is -2.83. The second kappa shape index (κ2) is 8.03. The van der Waals surface area contributed by atoms with Crippen molar-refractivity contribution in [2.75, 3.05) is 12.4 Å². The summed E-state index contributed by atoms with van der Waals surface area (Å²) in [5, 5.41) is 6.07. The lowest BCUT2D eigenvalue weighted by Gasteiger charge is -2.13. The van der Waals surface area contributed by atoms with Crippen LogP contribution in [-0.2, 0) is 0 Å². The van der Waals surface area contributed by atoms with Crippen LogP contribution in [0, 0.1) is 0 Å². The minimum Gasteiger partial charge on any atom is -0.496 e. The van der Waals surface area contributed by atoms with Crippen molar-refractivity contribution in [3.8, 4) is 17.1 Å². The molecular weight excluding hydrogens is 372 g/mol. The van der Waals surface area contributed by atoms with E-state index >= 15 is 0 Å². The average Bonchev–Trinajstić information content (AvgIpc) is 3.16. The summed E-state index contributed by atoms with van der Waals surface area (Å²) in [4.78, 5) is 12.2. The monoisotopic (exact) mass is 386 g/mol. The Balaban J connectivity index is 1.71. The van der Waals surface area contributed by atoms with Gasteiger partial charge in [-0.1, -0.05) is 23.7 Å². The van der Waals surface area contributed by atoms with Crippen molar-refractivity contribution in [2.24, 2.45) is 0 Å². The SMILES string of the molecule is COc1cc(NC(=S)NC(=O)c2ccccc2Cl)ccc1-c1ccco1. The van der Waals surface area contributed by atoms with Gasteiger partial charge in [0.25, 0.3) is 5.91 Å². The number of anilines is 1. The lowest BCUT2D eigenvalue weighted by molar-refractivity contribution is 0.0978. The molecule has 2 N–H and O–H groups in total. The quantitative estimate of drug-likeness (QED) is 0.634. The highest BCUT2D eigenvalue weighted by Crippen LogP contribution is 2.32. The van der Waals surface area contributed by atoms with Crippen molar-refractivity contribution in [1.29, 1.82) is 0 Å². The third kappa shape index (κ3) is 4.04. The number of thiocarbonyl (C=S) groups is 1. The van der Waals surface area contributed by atoms with Gasteiger partial charge in [-0.25, -0.2) is 0 Å². The molecule has 0 aliphatic carbocycles. The van der Waals surface area contributed by atoms with E-state index in [1.807, 2.05) is 18.2 Å². The fourth-order valence-electron chi connectivity index (χ4n) is 2.38. The van der Waals surface area contributed by atoms with E-state index in [4.69, 9.17) is 33.0 Å². The molecule has 7 heteroatoms. The van der Waals surface area contributed by atoms with Crippen LogP contribution in [0.4, 0.5) is 5.69 Å². The summed E-state index contributed by atoms with van der Waals surface area (Å²) in [6, 6.07) is 15.8. The van der Waals surface area contributed by atoms with Crippen LogP contribution in [-0.4, -0.2) is 18.1 Å². The average molecular weight is 387 g/mol. The van der Waals surface area contributed by atoms with E-state index in [1.54, 1.807) is 49.8 Å². The Morgan fingerprint density at radius 2 is 1.96 bits per heavy atom. The fourth-order valence-corrected chi connectivity index (χ4v) is 2.81. The molecule has 0 fully saturated rings. The summed E-state index contributed by atoms with van der Waals surface area (Å²) in [6.45, 7) is 0. The van der Waals surface area contributed by atoms with Gasteiger partial charge >= 0.3 is 0 Å². The summed E-state index contributed by atoms with van der Waals surface area (Å²) < 4.78 is 10.8. The van der Waals surface area contributed by atoms with Gasteiger partial charge in [0, 0.05) is 11.8 Å². The second-order valence-electron chi connectivity index (χ2n) is 5.28. The number of nitrogens with one attached hydrogen (secondary N) is 2. The first-order chi connectivity index (χ1) is 12.6. The van der Waals surface area contributed by atoms with Gasteiger partial charge in [-0.05, 0) is 48.6 Å². The lowest BCUT2D eigenvalue weighted by Crippen LogP contribution is -2.34. The largest absolute Gasteiger partial charge is 0.496 e. The van der Waals surface area contributed by atoms with Gasteiger partial charge in [0.15, 0.2) is 5.11 Å². The lowest BCUT2D eigenvalue weighted by atomic mass is 10.1. The Labute approximate surface area is 160 Å². The maximum absolute atomic E-state index is 12.2. The molecule has 3 aromatic rings. The number of halogens is 1. The molecule has 26 heavy (non-hydrogen) atoms. The van der Waals surface area contributed by atoms with Crippen LogP contribution in [0.25, 0.3) is 11.3 Å². The number of hydrogen-bond acceptors (Lipinski definition) is 4. The highest BCUT2D eigenvalue weighted by atomic mass is 35.5. The number of methoxy groups -OCH3 is 1. The third-order valence-electron chi connectivity index (χ3n) is 3.59. The molecule has 0 saturated heterocycles. The molecular formula is C19H15ClN2O3S. The standard InChI is InChI=1S/C19H15ClN2O3S/c1-24-17-11-12(8-9-14(17)16-7-4-10-25-16)21-19(26)22-18(23)13-5-2-3-6-15(13)20/h2-11H,1H3,(H2,21,22,23,26). The number of amides is 1. The van der Waals surface area contributed by atoms with E-state index in [1.165, 1.54) is 0 Å². The van der Waals surface area contributed by atoms with Gasteiger partial charge in [-0.3, -0.25) is 10.1 Å². The molecule has 0 unspecified atom stereocenters. The number of ether oxygens (including phenoxy) is 1. The predicted molar refractivity (Wildman–Crippen MR) is 106 cm³/mol. The normalized spacial score (nSPS) is 10.2. The maximum Gasteiger partial charge on any atom is 0.258 e. The van der Waals surface area contributed by atoms with E-state index in [-0.39, 0.29) is 11.0 Å². The van der Waals surface area contributed by atoms with Gasteiger partial charge in [-0.2, -0.15) is 0 Å². The van der Waals surface area contributed by atoms with Crippen molar-refractivity contribution in [2.45, 2.75) is 0 Å². The Kier molecular flexibility index (Phi) is 5.55. The number of benzene rings is 2. The van der Waals surface area contributed by atoms with E-state index < -0.39 is 0 Å². The summed E-state index contributed by atoms with van der Waals surface area (Å²) in [6.07, 6.45) is 1.60. The summed E-state index contributed by atoms with van der Waals surface area (Å²) in [7, 11) is 1.57. The van der Waals surface area contributed by atoms with Crippen molar-refractivity contribution >= 4 is 40.5 Å². The molecule has 1 amide bonds. The fraction of sp³-hybridized carbons (Fsp3) is 0.0526. The van der Waals surface area contributed by atoms with Crippen LogP contribution in [0.2, 0.25) is 5.02 Å². The number of rotatable bonds is 4. The van der Waals surface area contributed by atoms with Gasteiger partial charge < -0.3 is 14.5 Å². The van der Waals surface area contributed by atoms with Crippen LogP contribution in [0.5, 0.6) is 5.75 Å². The molecule has 1 aromatic heterocycles. The molecule has 132 valence electrons. The van der Waals surface area contributed by atoms with Crippen LogP contribution in [0.3, 0.4) is 0 Å². The second-order valence-corrected chi connectivity index (χ2v) is 6.10. The van der Waals surface area contributed by atoms with E-state index in [0.29, 0.717) is 27.8 Å². The number of furan rings is 1. The van der Waals surface area contributed by atoms with Crippen molar-refractivity contribution in [3.05, 3.63) is 71.4 Å². The van der Waals surface area contributed by atoms with Crippen LogP contribution in [0.15, 0.2) is 65.3 Å². The highest BCUT2D eigenvalue weighted by molar-refractivity contribution is 7.80. The summed E-state index contributed by atoms with van der Waals surface area (Å²) in [5.41, 5.74) is 1.83. The van der Waals surface area contributed by atoms with Gasteiger partial charge in [0.1, 0.15) is 11.5 Å². The smallest absolute Gasteiger partial charge is 0.258 e. The van der Waals surface area contributed by atoms with Crippen molar-refractivity contribution in [1.82, 2.24) is 5.32 Å². The number of hydrogen-bond donors (Lipinski definition) is 2. The minimum atomic E-state index is -0.382. The molecule has 1 heterocycles. The van der Waals surface area contributed by atoms with Crippen LogP contribution in [0.1, 0.15) is 10.4 Å². The molecule has 0 atom stereocenters. The van der Waals surface area contributed by atoms with Crippen molar-refractivity contribution in [3.63, 3.8) is 0 Å². The molecule has 0 spiro atoms. The topological polar surface area (TPSA) is 63.5 Å². The van der Waals surface area contributed by atoms with Gasteiger partial charge in [0.05, 0.1) is 29.5 Å². The van der Waals surface area contributed by atoms with Gasteiger partial charge in [0.2, 0.25) is 0 Å². The van der Waals surface area contributed by atoms with Crippen LogP contribution >= 0.6 is 23.8 Å². The Bertz CT molecular complexity index is 942. The molecule has 0 saturated carbocycles. The Morgan fingerprint density at radius 3 is 2.65 bits per heavy atom. The molecule has 0 bridgehead atoms. The number of carbonyl (C=O) groups is 1. The van der Waals surface area contributed by atoms with Crippen molar-refractivity contribution < 1.29 is 13.9 Å². The zero-order valence-corrected chi connectivity index (χ0v) is 15.4. The minimum absolute atomic E-state index is 0.155. The highest BCUT2D eigenvalue weighted by Gasteiger charge is 2.13. The molecule has 2 aromatic carbocycles. The molecule has 5 nitrogen and oxygen atoms in total. The zero-order valence-electron chi connectivity index (χ0n) is 13.8. The molecule has 0 radical (unpaired) electrons. The maximum atomic E-state index is 12.2. The summed E-state index contributed by atoms with van der Waals surface area (Å²) >= 11 is 11.2. The van der Waals surface area contributed by atoms with E-state index in [9.17, 15) is 4.79 Å². The van der Waals surface area contributed by atoms with E-state index in [2.05, 4.69) is 10.6 Å². The molecule has 0 aliphatic rings.